The number of hydrogen-bond acceptors (Lipinski definition) is 3. The second-order valence-corrected chi connectivity index (χ2v) is 4.81. The van der Waals surface area contributed by atoms with Crippen LogP contribution in [0.5, 0.6) is 0 Å². The third-order valence-corrected chi connectivity index (χ3v) is 3.44. The fourth-order valence-electron chi connectivity index (χ4n) is 2.59. The number of rotatable bonds is 2. The number of carbonyl (C=O) groups is 1. The van der Waals surface area contributed by atoms with E-state index in [-0.39, 0.29) is 12.5 Å². The molecule has 4 heteroatoms. The highest BCUT2D eigenvalue weighted by molar-refractivity contribution is 6.61. The van der Waals surface area contributed by atoms with Crippen LogP contribution in [-0.2, 0) is 4.74 Å². The molecule has 0 atom stereocenters. The van der Waals surface area contributed by atoms with E-state index in [4.69, 9.17) is 21.6 Å². The number of ether oxygens (including phenoxy) is 1. The maximum Gasteiger partial charge on any atom is 0.403 e. The van der Waals surface area contributed by atoms with Crippen LogP contribution in [0.3, 0.4) is 0 Å². The topological polar surface area (TPSA) is 50.1 Å². The Balaban J connectivity index is 0.000000497. The molecule has 106 valence electrons. The summed E-state index contributed by atoms with van der Waals surface area (Å²) in [6.45, 7) is 1.72. The van der Waals surface area contributed by atoms with E-state index in [9.17, 15) is 4.79 Å². The van der Waals surface area contributed by atoms with E-state index in [1.807, 2.05) is 24.3 Å². The van der Waals surface area contributed by atoms with Crippen molar-refractivity contribution in [2.45, 2.75) is 12.8 Å². The van der Waals surface area contributed by atoms with Gasteiger partial charge in [-0.1, -0.05) is 48.5 Å². The van der Waals surface area contributed by atoms with Crippen molar-refractivity contribution in [1.82, 2.24) is 0 Å². The first-order chi connectivity index (χ1) is 10.2. The van der Waals surface area contributed by atoms with Crippen LogP contribution in [0.25, 0.3) is 11.1 Å². The minimum absolute atomic E-state index is 0.0834. The molecule has 0 aliphatic heterocycles. The number of carbonyl (C=O) groups excluding carboxylic acids is 1. The summed E-state index contributed by atoms with van der Waals surface area (Å²) in [6, 6.07) is 18.1. The molecule has 1 aliphatic carbocycles. The molecule has 0 amide bonds. The largest absolute Gasteiger partial charge is 0.453 e. The Bertz CT molecular complexity index is 646. The van der Waals surface area contributed by atoms with Crippen molar-refractivity contribution in [2.75, 3.05) is 6.61 Å². The van der Waals surface area contributed by atoms with Gasteiger partial charge in [-0.05, 0) is 22.3 Å². The Morgan fingerprint density at radius 3 is 2.00 bits per heavy atom. The van der Waals surface area contributed by atoms with Gasteiger partial charge in [0, 0.05) is 24.4 Å². The summed E-state index contributed by atoms with van der Waals surface area (Å²) in [4.78, 5) is 10.8. The van der Waals surface area contributed by atoms with Crippen molar-refractivity contribution < 1.29 is 9.53 Å². The van der Waals surface area contributed by atoms with Gasteiger partial charge in [-0.3, -0.25) is 0 Å². The zero-order valence-electron chi connectivity index (χ0n) is 11.5. The molecule has 3 nitrogen and oxygen atoms in total. The number of halogens is 1. The van der Waals surface area contributed by atoms with Crippen LogP contribution in [0.2, 0.25) is 0 Å². The van der Waals surface area contributed by atoms with E-state index in [2.05, 4.69) is 24.3 Å². The lowest BCUT2D eigenvalue weighted by Crippen LogP contribution is -2.07. The van der Waals surface area contributed by atoms with Gasteiger partial charge in [0.1, 0.15) is 6.61 Å². The number of benzene rings is 2. The number of nitriles is 1. The van der Waals surface area contributed by atoms with E-state index in [0.29, 0.717) is 0 Å². The van der Waals surface area contributed by atoms with Crippen molar-refractivity contribution in [2.24, 2.45) is 0 Å². The Morgan fingerprint density at radius 2 is 1.57 bits per heavy atom. The average molecular weight is 300 g/mol. The minimum atomic E-state index is -0.753. The third kappa shape index (κ3) is 3.24. The van der Waals surface area contributed by atoms with Crippen LogP contribution >= 0.6 is 11.6 Å². The molecule has 0 fully saturated rings. The van der Waals surface area contributed by atoms with Crippen molar-refractivity contribution in [3.63, 3.8) is 0 Å². The SMILES string of the molecule is CC#N.O=C(Cl)OCC1c2ccccc2-c2ccccc21. The standard InChI is InChI=1S/C15H11ClO2.C2H3N/c16-15(17)18-9-14-12-7-3-1-5-10(12)11-6-2-4-8-13(11)14;1-2-3/h1-8,14H,9H2;1H3. The highest BCUT2D eigenvalue weighted by Crippen LogP contribution is 2.44. The quantitative estimate of drug-likeness (QED) is 0.755. The summed E-state index contributed by atoms with van der Waals surface area (Å²) < 4.78 is 4.97. The summed E-state index contributed by atoms with van der Waals surface area (Å²) in [7, 11) is 0. The molecular formula is C17H14ClNO2. The van der Waals surface area contributed by atoms with Crippen LogP contribution < -0.4 is 0 Å². The first kappa shape index (κ1) is 15.1. The highest BCUT2D eigenvalue weighted by atomic mass is 35.5. The van der Waals surface area contributed by atoms with Crippen molar-refractivity contribution in [1.29, 1.82) is 5.26 Å². The number of nitrogens with zero attached hydrogens (tertiary/aromatic N) is 1. The highest BCUT2D eigenvalue weighted by Gasteiger charge is 2.28. The fraction of sp³-hybridized carbons (Fsp3) is 0.176. The van der Waals surface area contributed by atoms with Crippen LogP contribution in [0.15, 0.2) is 48.5 Å². The monoisotopic (exact) mass is 299 g/mol. The van der Waals surface area contributed by atoms with Crippen LogP contribution in [0.4, 0.5) is 4.79 Å². The van der Waals surface area contributed by atoms with E-state index in [1.54, 1.807) is 6.07 Å². The molecule has 0 unspecified atom stereocenters. The fourth-order valence-corrected chi connectivity index (χ4v) is 2.65. The smallest absolute Gasteiger partial charge is 0.403 e. The minimum Gasteiger partial charge on any atom is -0.453 e. The van der Waals surface area contributed by atoms with Gasteiger partial charge < -0.3 is 4.74 Å². The summed E-state index contributed by atoms with van der Waals surface area (Å²) in [5.74, 6) is 0.0834. The third-order valence-electron chi connectivity index (χ3n) is 3.33. The van der Waals surface area contributed by atoms with Gasteiger partial charge in [0.25, 0.3) is 0 Å². The maximum absolute atomic E-state index is 10.8. The molecule has 1 aliphatic rings. The van der Waals surface area contributed by atoms with E-state index >= 15 is 0 Å². The summed E-state index contributed by atoms with van der Waals surface area (Å²) in [5.41, 5.74) is 4.05. The van der Waals surface area contributed by atoms with Gasteiger partial charge in [0.05, 0.1) is 6.07 Å². The van der Waals surface area contributed by atoms with Gasteiger partial charge in [0.15, 0.2) is 0 Å². The summed E-state index contributed by atoms with van der Waals surface area (Å²) in [5, 5.41) is 7.32. The lowest BCUT2D eigenvalue weighted by Gasteiger charge is -2.12. The number of fused-ring (bicyclic) bond motifs is 3. The Labute approximate surface area is 128 Å². The summed E-state index contributed by atoms with van der Waals surface area (Å²) >= 11 is 5.25. The van der Waals surface area contributed by atoms with Gasteiger partial charge in [-0.2, -0.15) is 5.26 Å². The molecule has 0 saturated heterocycles. The molecule has 2 aromatic carbocycles. The van der Waals surface area contributed by atoms with E-state index in [1.165, 1.54) is 29.2 Å². The first-order valence-electron chi connectivity index (χ1n) is 6.50. The predicted octanol–water partition coefficient (Wildman–Crippen LogP) is 4.70. The van der Waals surface area contributed by atoms with Gasteiger partial charge in [-0.15, -0.1) is 0 Å². The lowest BCUT2D eigenvalue weighted by atomic mass is 9.98. The van der Waals surface area contributed by atoms with Gasteiger partial charge >= 0.3 is 5.43 Å². The predicted molar refractivity (Wildman–Crippen MR) is 82.2 cm³/mol. The first-order valence-corrected chi connectivity index (χ1v) is 6.88. The van der Waals surface area contributed by atoms with E-state index < -0.39 is 5.43 Å². The molecule has 0 saturated carbocycles. The zero-order valence-corrected chi connectivity index (χ0v) is 12.3. The number of hydrogen-bond donors (Lipinski definition) is 0. The molecule has 0 radical (unpaired) electrons. The summed E-state index contributed by atoms with van der Waals surface area (Å²) in [6.07, 6.45) is 0. The molecule has 0 spiro atoms. The molecule has 2 aromatic rings. The molecule has 3 rings (SSSR count). The van der Waals surface area contributed by atoms with Crippen molar-refractivity contribution >= 4 is 17.0 Å². The Hall–Kier alpha value is -2.31. The van der Waals surface area contributed by atoms with Crippen molar-refractivity contribution in [3.05, 3.63) is 59.7 Å². The second-order valence-electron chi connectivity index (χ2n) is 4.50. The van der Waals surface area contributed by atoms with Crippen LogP contribution in [0, 0.1) is 11.3 Å². The molecule has 21 heavy (non-hydrogen) atoms. The molecule has 0 aromatic heterocycles. The van der Waals surface area contributed by atoms with Gasteiger partial charge in [0.2, 0.25) is 0 Å². The van der Waals surface area contributed by atoms with Crippen molar-refractivity contribution in [3.8, 4) is 17.2 Å². The normalized spacial score (nSPS) is 11.5. The molecular weight excluding hydrogens is 286 g/mol. The van der Waals surface area contributed by atoms with Gasteiger partial charge in [-0.25, -0.2) is 4.79 Å². The molecule has 0 heterocycles. The Kier molecular flexibility index (Phi) is 4.97. The van der Waals surface area contributed by atoms with E-state index in [0.717, 1.165) is 0 Å². The zero-order chi connectivity index (χ0) is 15.2. The van der Waals surface area contributed by atoms with Crippen LogP contribution in [0.1, 0.15) is 24.0 Å². The van der Waals surface area contributed by atoms with Crippen LogP contribution in [-0.4, -0.2) is 12.0 Å². The Morgan fingerprint density at radius 1 is 1.14 bits per heavy atom. The second kappa shape index (κ2) is 6.92. The molecule has 0 N–H and O–H groups in total. The average Bonchev–Trinajstić information content (AvgIpc) is 2.80. The lowest BCUT2D eigenvalue weighted by molar-refractivity contribution is 0.170. The maximum atomic E-state index is 10.8. The molecule has 0 bridgehead atoms.